The zero-order chi connectivity index (χ0) is 14.7. The molecular formula is C12H9F3N4O. The summed E-state index contributed by atoms with van der Waals surface area (Å²) in [6.07, 6.45) is 1.13. The topological polar surface area (TPSA) is 80.0 Å². The van der Waals surface area contributed by atoms with Crippen molar-refractivity contribution in [2.24, 2.45) is 5.84 Å². The first-order valence-corrected chi connectivity index (χ1v) is 5.41. The van der Waals surface area contributed by atoms with E-state index in [0.717, 1.165) is 30.5 Å². The standard InChI is InChI=1S/C12H9F3N4O/c13-7-2-1-3-8(14)10(7)18-12(20)6-4-5-17-11(19-16)9(6)15/h1-5H,16H2,(H,17,19)(H,18,20). The van der Waals surface area contributed by atoms with E-state index in [1.54, 1.807) is 0 Å². The summed E-state index contributed by atoms with van der Waals surface area (Å²) in [5, 5.41) is 1.96. The minimum atomic E-state index is -1.02. The Balaban J connectivity index is 2.34. The van der Waals surface area contributed by atoms with Crippen LogP contribution in [0.15, 0.2) is 30.5 Å². The van der Waals surface area contributed by atoms with Crippen LogP contribution in [0.2, 0.25) is 0 Å². The lowest BCUT2D eigenvalue weighted by Crippen LogP contribution is -2.18. The third kappa shape index (κ3) is 2.54. The maximum atomic E-state index is 13.8. The average molecular weight is 282 g/mol. The number of hydrogen-bond acceptors (Lipinski definition) is 4. The molecular weight excluding hydrogens is 273 g/mol. The summed E-state index contributed by atoms with van der Waals surface area (Å²) in [4.78, 5) is 15.4. The number of anilines is 2. The molecule has 8 heteroatoms. The number of nitrogens with zero attached hydrogens (tertiary/aromatic N) is 1. The molecule has 0 spiro atoms. The van der Waals surface area contributed by atoms with Crippen molar-refractivity contribution >= 4 is 17.4 Å². The molecule has 0 fully saturated rings. The van der Waals surface area contributed by atoms with Gasteiger partial charge in [-0.3, -0.25) is 4.79 Å². The number of benzene rings is 1. The molecule has 0 aliphatic rings. The molecule has 20 heavy (non-hydrogen) atoms. The van der Waals surface area contributed by atoms with Gasteiger partial charge in [-0.2, -0.15) is 0 Å². The maximum Gasteiger partial charge on any atom is 0.258 e. The van der Waals surface area contributed by atoms with Crippen LogP contribution in [0.3, 0.4) is 0 Å². The number of nitrogens with two attached hydrogens (primary N) is 1. The fourth-order valence-electron chi connectivity index (χ4n) is 1.52. The average Bonchev–Trinajstić information content (AvgIpc) is 2.43. The van der Waals surface area contributed by atoms with E-state index in [0.29, 0.717) is 0 Å². The Hall–Kier alpha value is -2.61. The first kappa shape index (κ1) is 13.8. The number of carbonyl (C=O) groups is 1. The van der Waals surface area contributed by atoms with Gasteiger partial charge in [-0.1, -0.05) is 6.07 Å². The van der Waals surface area contributed by atoms with Gasteiger partial charge in [-0.25, -0.2) is 24.0 Å². The number of halogens is 3. The van der Waals surface area contributed by atoms with Crippen LogP contribution in [-0.2, 0) is 0 Å². The Morgan fingerprint density at radius 2 is 1.80 bits per heavy atom. The van der Waals surface area contributed by atoms with E-state index in [2.05, 4.69) is 4.98 Å². The highest BCUT2D eigenvalue weighted by atomic mass is 19.1. The molecule has 4 N–H and O–H groups in total. The summed E-state index contributed by atoms with van der Waals surface area (Å²) < 4.78 is 40.5. The number of hydrogen-bond donors (Lipinski definition) is 3. The largest absolute Gasteiger partial charge is 0.317 e. The molecule has 1 aromatic heterocycles. The normalized spacial score (nSPS) is 10.2. The van der Waals surface area contributed by atoms with Crippen LogP contribution in [0.1, 0.15) is 10.4 Å². The van der Waals surface area contributed by atoms with E-state index in [4.69, 9.17) is 5.84 Å². The van der Waals surface area contributed by atoms with Gasteiger partial charge in [0.2, 0.25) is 0 Å². The number of nitrogens with one attached hydrogen (secondary N) is 2. The van der Waals surface area contributed by atoms with Crippen LogP contribution in [0.4, 0.5) is 24.7 Å². The first-order valence-electron chi connectivity index (χ1n) is 5.41. The SMILES string of the molecule is NNc1nccc(C(=O)Nc2c(F)cccc2F)c1F. The van der Waals surface area contributed by atoms with E-state index < -0.39 is 34.6 Å². The molecule has 0 radical (unpaired) electrons. The third-order valence-corrected chi connectivity index (χ3v) is 2.47. The molecule has 0 aliphatic carbocycles. The molecule has 2 aromatic rings. The van der Waals surface area contributed by atoms with Gasteiger partial charge in [-0.05, 0) is 18.2 Å². The molecule has 5 nitrogen and oxygen atoms in total. The van der Waals surface area contributed by atoms with E-state index in [9.17, 15) is 18.0 Å². The Morgan fingerprint density at radius 3 is 2.40 bits per heavy atom. The van der Waals surface area contributed by atoms with Gasteiger partial charge in [0.15, 0.2) is 11.6 Å². The van der Waals surface area contributed by atoms with Crippen LogP contribution in [0, 0.1) is 17.5 Å². The Bertz CT molecular complexity index is 643. The molecule has 0 saturated heterocycles. The van der Waals surface area contributed by atoms with E-state index in [-0.39, 0.29) is 5.82 Å². The number of hydrazine groups is 1. The summed E-state index contributed by atoms with van der Waals surface area (Å²) in [5.41, 5.74) is 0.858. The first-order chi connectivity index (χ1) is 9.54. The molecule has 0 aliphatic heterocycles. The second-order valence-corrected chi connectivity index (χ2v) is 3.72. The molecule has 0 saturated carbocycles. The van der Waals surface area contributed by atoms with Crippen molar-refractivity contribution in [3.8, 4) is 0 Å². The lowest BCUT2D eigenvalue weighted by atomic mass is 10.2. The molecule has 104 valence electrons. The van der Waals surface area contributed by atoms with Crippen molar-refractivity contribution in [1.29, 1.82) is 0 Å². The van der Waals surface area contributed by atoms with Gasteiger partial charge in [0, 0.05) is 6.20 Å². The van der Waals surface area contributed by atoms with Gasteiger partial charge in [0.1, 0.15) is 17.3 Å². The van der Waals surface area contributed by atoms with Crippen LogP contribution < -0.4 is 16.6 Å². The van der Waals surface area contributed by atoms with Crippen molar-refractivity contribution in [1.82, 2.24) is 4.98 Å². The number of nitrogen functional groups attached to an aromatic ring is 1. The van der Waals surface area contributed by atoms with Gasteiger partial charge in [0.05, 0.1) is 5.56 Å². The summed E-state index contributed by atoms with van der Waals surface area (Å²) in [6, 6.07) is 4.14. The van der Waals surface area contributed by atoms with E-state index >= 15 is 0 Å². The Kier molecular flexibility index (Phi) is 3.85. The minimum Gasteiger partial charge on any atom is -0.317 e. The van der Waals surface area contributed by atoms with E-state index in [1.807, 2.05) is 10.7 Å². The van der Waals surface area contributed by atoms with Gasteiger partial charge < -0.3 is 10.7 Å². The minimum absolute atomic E-state index is 0.355. The lowest BCUT2D eigenvalue weighted by molar-refractivity contribution is 0.102. The van der Waals surface area contributed by atoms with Crippen LogP contribution in [0.5, 0.6) is 0 Å². The highest BCUT2D eigenvalue weighted by Gasteiger charge is 2.18. The van der Waals surface area contributed by atoms with Crippen molar-refractivity contribution in [2.45, 2.75) is 0 Å². The van der Waals surface area contributed by atoms with Crippen molar-refractivity contribution in [2.75, 3.05) is 10.7 Å². The van der Waals surface area contributed by atoms with Gasteiger partial charge in [-0.15, -0.1) is 0 Å². The molecule has 0 unspecified atom stereocenters. The summed E-state index contributed by atoms with van der Waals surface area (Å²) in [6.45, 7) is 0. The molecule has 0 bridgehead atoms. The van der Waals surface area contributed by atoms with Crippen molar-refractivity contribution in [3.05, 3.63) is 53.5 Å². The second-order valence-electron chi connectivity index (χ2n) is 3.72. The number of pyridine rings is 1. The van der Waals surface area contributed by atoms with Gasteiger partial charge >= 0.3 is 0 Å². The van der Waals surface area contributed by atoms with Crippen molar-refractivity contribution < 1.29 is 18.0 Å². The Labute approximate surface area is 111 Å². The summed E-state index contributed by atoms with van der Waals surface area (Å²) in [7, 11) is 0. The highest BCUT2D eigenvalue weighted by Crippen LogP contribution is 2.20. The fraction of sp³-hybridized carbons (Fsp3) is 0. The molecule has 1 amide bonds. The van der Waals surface area contributed by atoms with Crippen LogP contribution in [-0.4, -0.2) is 10.9 Å². The molecule has 1 aromatic carbocycles. The van der Waals surface area contributed by atoms with Crippen molar-refractivity contribution in [3.63, 3.8) is 0 Å². The predicted molar refractivity (Wildman–Crippen MR) is 66.3 cm³/mol. The lowest BCUT2D eigenvalue weighted by Gasteiger charge is -2.09. The second kappa shape index (κ2) is 5.57. The highest BCUT2D eigenvalue weighted by molar-refractivity contribution is 6.05. The predicted octanol–water partition coefficient (Wildman–Crippen LogP) is 2.04. The number of amides is 1. The third-order valence-electron chi connectivity index (χ3n) is 2.47. The summed E-state index contributed by atoms with van der Waals surface area (Å²) >= 11 is 0. The van der Waals surface area contributed by atoms with Gasteiger partial charge in [0.25, 0.3) is 5.91 Å². The van der Waals surface area contributed by atoms with Crippen LogP contribution in [0.25, 0.3) is 0 Å². The quantitative estimate of drug-likeness (QED) is 0.594. The number of carbonyl (C=O) groups excluding carboxylic acids is 1. The fourth-order valence-corrected chi connectivity index (χ4v) is 1.52. The molecule has 2 rings (SSSR count). The number of para-hydroxylation sites is 1. The smallest absolute Gasteiger partial charge is 0.258 e. The molecule has 0 atom stereocenters. The zero-order valence-corrected chi connectivity index (χ0v) is 9.95. The van der Waals surface area contributed by atoms with E-state index in [1.165, 1.54) is 0 Å². The molecule has 1 heterocycles. The summed E-state index contributed by atoms with van der Waals surface area (Å²) in [5.74, 6) is 0.680. The Morgan fingerprint density at radius 1 is 1.15 bits per heavy atom. The number of aromatic nitrogens is 1. The monoisotopic (exact) mass is 282 g/mol. The van der Waals surface area contributed by atoms with Crippen LogP contribution >= 0.6 is 0 Å². The maximum absolute atomic E-state index is 13.8. The zero-order valence-electron chi connectivity index (χ0n) is 9.95. The number of rotatable bonds is 3.